The van der Waals surface area contributed by atoms with Crippen molar-refractivity contribution in [1.29, 1.82) is 0 Å². The van der Waals surface area contributed by atoms with E-state index < -0.39 is 43.0 Å². The molecule has 9 heteroatoms. The monoisotopic (exact) mass is 364 g/mol. The molecule has 0 saturated heterocycles. The number of rotatable bonds is 12. The predicted molar refractivity (Wildman–Crippen MR) is 83.1 cm³/mol. The topological polar surface area (TPSA) is 27.7 Å². The minimum Gasteiger partial charge on any atom is -0.414 e. The molecule has 0 aromatic heterocycles. The van der Waals surface area contributed by atoms with E-state index in [1.807, 2.05) is 27.7 Å². The first-order chi connectivity index (χ1) is 10.2. The van der Waals surface area contributed by atoms with Gasteiger partial charge in [0.1, 0.15) is 6.67 Å². The van der Waals surface area contributed by atoms with E-state index in [9.17, 15) is 17.6 Å². The van der Waals surface area contributed by atoms with E-state index in [0.717, 1.165) is 0 Å². The van der Waals surface area contributed by atoms with E-state index in [1.54, 1.807) is 0 Å². The summed E-state index contributed by atoms with van der Waals surface area (Å²) in [5.74, 6) is 0. The molecule has 0 heterocycles. The molecular formula is C13H28F4O3Si2. The minimum absolute atomic E-state index is 0.0334. The Balaban J connectivity index is 4.95. The van der Waals surface area contributed by atoms with Crippen LogP contribution in [0.2, 0.25) is 24.2 Å². The van der Waals surface area contributed by atoms with Gasteiger partial charge in [-0.05, 0) is 24.2 Å². The van der Waals surface area contributed by atoms with E-state index in [4.69, 9.17) is 13.0 Å². The normalized spacial score (nSPS) is 13.6. The van der Waals surface area contributed by atoms with Crippen LogP contribution in [0.3, 0.4) is 0 Å². The van der Waals surface area contributed by atoms with Crippen molar-refractivity contribution in [2.24, 2.45) is 0 Å². The standard InChI is InChI=1S/C13H28F4O3Si2/c1-5-21(6-2,18-11-9-13(15,16)17)20-22(7-3,8-4)19-12-10-14/h5-12H2,1-4H3. The van der Waals surface area contributed by atoms with Crippen molar-refractivity contribution in [3.8, 4) is 0 Å². The molecular weight excluding hydrogens is 336 g/mol. The van der Waals surface area contributed by atoms with Crippen molar-refractivity contribution in [1.82, 2.24) is 0 Å². The first-order valence-corrected chi connectivity index (χ1v) is 12.3. The Morgan fingerprint density at radius 1 is 0.773 bits per heavy atom. The maximum absolute atomic E-state index is 12.4. The van der Waals surface area contributed by atoms with Crippen LogP contribution in [-0.4, -0.2) is 43.2 Å². The molecule has 0 aromatic rings. The lowest BCUT2D eigenvalue weighted by Gasteiger charge is -2.39. The molecule has 0 aromatic carbocycles. The highest BCUT2D eigenvalue weighted by Crippen LogP contribution is 2.30. The van der Waals surface area contributed by atoms with Crippen LogP contribution in [0.5, 0.6) is 0 Å². The highest BCUT2D eigenvalue weighted by atomic mass is 28.5. The largest absolute Gasteiger partial charge is 0.414 e. The van der Waals surface area contributed by atoms with Gasteiger partial charge in [0.25, 0.3) is 0 Å². The van der Waals surface area contributed by atoms with Crippen LogP contribution in [0.4, 0.5) is 17.6 Å². The Morgan fingerprint density at radius 2 is 1.18 bits per heavy atom. The lowest BCUT2D eigenvalue weighted by atomic mass is 10.5. The molecule has 0 radical (unpaired) electrons. The Hall–Kier alpha value is 0.0338. The van der Waals surface area contributed by atoms with Crippen molar-refractivity contribution < 1.29 is 30.5 Å². The third-order valence-electron chi connectivity index (χ3n) is 3.72. The Bertz CT molecular complexity index is 296. The summed E-state index contributed by atoms with van der Waals surface area (Å²) in [4.78, 5) is 0. The Morgan fingerprint density at radius 3 is 1.50 bits per heavy atom. The zero-order chi connectivity index (χ0) is 17.3. The Labute approximate surface area is 132 Å². The fourth-order valence-corrected chi connectivity index (χ4v) is 10.4. The highest BCUT2D eigenvalue weighted by Gasteiger charge is 2.45. The lowest BCUT2D eigenvalue weighted by Crippen LogP contribution is -2.54. The molecule has 0 aliphatic carbocycles. The lowest BCUT2D eigenvalue weighted by molar-refractivity contribution is -0.140. The summed E-state index contributed by atoms with van der Waals surface area (Å²) in [6.07, 6.45) is -5.22. The molecule has 0 bridgehead atoms. The van der Waals surface area contributed by atoms with Gasteiger partial charge in [-0.15, -0.1) is 0 Å². The van der Waals surface area contributed by atoms with Gasteiger partial charge in [-0.1, -0.05) is 27.7 Å². The van der Waals surface area contributed by atoms with E-state index in [-0.39, 0.29) is 6.61 Å². The summed E-state index contributed by atoms with van der Waals surface area (Å²) in [6, 6.07) is 2.35. The highest BCUT2D eigenvalue weighted by molar-refractivity contribution is 6.81. The molecule has 0 N–H and O–H groups in total. The third kappa shape index (κ3) is 7.54. The molecule has 134 valence electrons. The van der Waals surface area contributed by atoms with Gasteiger partial charge in [0, 0.05) is 6.61 Å². The molecule has 3 nitrogen and oxygen atoms in total. The van der Waals surface area contributed by atoms with E-state index >= 15 is 0 Å². The second-order valence-corrected chi connectivity index (χ2v) is 13.0. The average Bonchev–Trinajstić information content (AvgIpc) is 2.49. The van der Waals surface area contributed by atoms with Gasteiger partial charge in [0.05, 0.1) is 13.0 Å². The minimum atomic E-state index is -4.24. The fraction of sp³-hybridized carbons (Fsp3) is 1.00. The van der Waals surface area contributed by atoms with Crippen LogP contribution in [0.15, 0.2) is 0 Å². The van der Waals surface area contributed by atoms with Gasteiger partial charge in [-0.3, -0.25) is 0 Å². The molecule has 0 atom stereocenters. The first-order valence-electron chi connectivity index (χ1n) is 7.82. The van der Waals surface area contributed by atoms with Crippen LogP contribution in [0.1, 0.15) is 34.1 Å². The maximum Gasteiger partial charge on any atom is 0.391 e. The van der Waals surface area contributed by atoms with Crippen molar-refractivity contribution in [2.75, 3.05) is 19.9 Å². The fourth-order valence-electron chi connectivity index (χ4n) is 2.17. The number of hydrogen-bond acceptors (Lipinski definition) is 3. The zero-order valence-electron chi connectivity index (χ0n) is 13.9. The summed E-state index contributed by atoms with van der Waals surface area (Å²) in [6.45, 7) is 6.53. The van der Waals surface area contributed by atoms with Crippen LogP contribution in [-0.2, 0) is 13.0 Å². The summed E-state index contributed by atoms with van der Waals surface area (Å²) in [7, 11) is -5.38. The van der Waals surface area contributed by atoms with Crippen molar-refractivity contribution >= 4 is 17.1 Å². The second-order valence-electron chi connectivity index (χ2n) is 5.09. The van der Waals surface area contributed by atoms with Crippen LogP contribution < -0.4 is 0 Å². The SMILES string of the molecule is CC[Si](CC)(OCCF)O[Si](CC)(CC)OCCC(F)(F)F. The van der Waals surface area contributed by atoms with Crippen molar-refractivity contribution in [3.63, 3.8) is 0 Å². The quantitative estimate of drug-likeness (QED) is 0.363. The van der Waals surface area contributed by atoms with Gasteiger partial charge in [-0.2, -0.15) is 13.2 Å². The van der Waals surface area contributed by atoms with Gasteiger partial charge in [0.2, 0.25) is 0 Å². The van der Waals surface area contributed by atoms with Gasteiger partial charge in [-0.25, -0.2) is 4.39 Å². The summed E-state index contributed by atoms with van der Waals surface area (Å²) < 4.78 is 66.9. The molecule has 0 fully saturated rings. The van der Waals surface area contributed by atoms with Gasteiger partial charge >= 0.3 is 23.3 Å². The first kappa shape index (κ1) is 22.0. The van der Waals surface area contributed by atoms with E-state index in [2.05, 4.69) is 0 Å². The van der Waals surface area contributed by atoms with E-state index in [0.29, 0.717) is 24.2 Å². The van der Waals surface area contributed by atoms with Gasteiger partial charge in [0.15, 0.2) is 0 Å². The molecule has 22 heavy (non-hydrogen) atoms. The number of hydrogen-bond donors (Lipinski definition) is 0. The Kier molecular flexibility index (Phi) is 10.0. The number of halogens is 4. The van der Waals surface area contributed by atoms with Crippen molar-refractivity contribution in [3.05, 3.63) is 0 Å². The maximum atomic E-state index is 12.4. The molecule has 0 unspecified atom stereocenters. The molecule has 0 saturated carbocycles. The smallest absolute Gasteiger partial charge is 0.391 e. The molecule has 0 aliphatic heterocycles. The predicted octanol–water partition coefficient (Wildman–Crippen LogP) is 4.92. The van der Waals surface area contributed by atoms with Gasteiger partial charge < -0.3 is 13.0 Å². The molecule has 0 rings (SSSR count). The summed E-state index contributed by atoms with van der Waals surface area (Å²) in [5, 5.41) is 0. The van der Waals surface area contributed by atoms with Crippen LogP contribution in [0, 0.1) is 0 Å². The average molecular weight is 365 g/mol. The molecule has 0 amide bonds. The number of alkyl halides is 4. The summed E-state index contributed by atoms with van der Waals surface area (Å²) >= 11 is 0. The van der Waals surface area contributed by atoms with Crippen LogP contribution >= 0.6 is 0 Å². The zero-order valence-corrected chi connectivity index (χ0v) is 15.9. The third-order valence-corrected chi connectivity index (χ3v) is 12.5. The second kappa shape index (κ2) is 10.0. The van der Waals surface area contributed by atoms with Crippen molar-refractivity contribution in [2.45, 2.75) is 64.5 Å². The van der Waals surface area contributed by atoms with Crippen LogP contribution in [0.25, 0.3) is 0 Å². The summed E-state index contributed by atoms with van der Waals surface area (Å²) in [5.41, 5.74) is 0. The van der Waals surface area contributed by atoms with E-state index in [1.165, 1.54) is 0 Å². The molecule has 0 aliphatic rings. The molecule has 0 spiro atoms.